The zero-order chi connectivity index (χ0) is 24.5. The average molecular weight is 524 g/mol. The van der Waals surface area contributed by atoms with E-state index in [-0.39, 0.29) is 0 Å². The van der Waals surface area contributed by atoms with E-state index in [1.807, 2.05) is 37.2 Å². The van der Waals surface area contributed by atoms with E-state index in [0.29, 0.717) is 35.4 Å². The fourth-order valence-corrected chi connectivity index (χ4v) is 8.41. The van der Waals surface area contributed by atoms with Crippen molar-refractivity contribution in [3.05, 3.63) is 34.2 Å². The van der Waals surface area contributed by atoms with E-state index in [9.17, 15) is 8.42 Å². The molecular weight excluding hydrogens is 490 g/mol. The molecule has 34 heavy (non-hydrogen) atoms. The predicted octanol–water partition coefficient (Wildman–Crippen LogP) is 4.40. The van der Waals surface area contributed by atoms with E-state index in [0.717, 1.165) is 47.3 Å². The highest BCUT2D eigenvalue weighted by atomic mass is 35.5. The van der Waals surface area contributed by atoms with Gasteiger partial charge in [0.15, 0.2) is 9.84 Å². The molecule has 2 heterocycles. The summed E-state index contributed by atoms with van der Waals surface area (Å²) in [6.07, 6.45) is 4.12. The van der Waals surface area contributed by atoms with Crippen molar-refractivity contribution in [1.82, 2.24) is 15.3 Å². The molecule has 2 N–H and O–H groups in total. The van der Waals surface area contributed by atoms with E-state index in [1.165, 1.54) is 0 Å². The Morgan fingerprint density at radius 1 is 1.12 bits per heavy atom. The van der Waals surface area contributed by atoms with Gasteiger partial charge in [0, 0.05) is 53.8 Å². The number of nitrogens with zero attached hydrogens (tertiary/aromatic N) is 3. The molecular formula is C24H34ClN5O2S2. The predicted molar refractivity (Wildman–Crippen MR) is 145 cm³/mol. The number of hydrogen-bond acceptors (Lipinski definition) is 8. The molecule has 0 radical (unpaired) electrons. The number of thioether (sulfide) groups is 1. The molecule has 0 saturated heterocycles. The van der Waals surface area contributed by atoms with E-state index in [1.54, 1.807) is 25.6 Å². The van der Waals surface area contributed by atoms with Crippen LogP contribution in [-0.4, -0.2) is 67.4 Å². The Bertz CT molecular complexity index is 1160. The first-order valence-corrected chi connectivity index (χ1v) is 14.8. The molecule has 2 aliphatic rings. The van der Waals surface area contributed by atoms with Gasteiger partial charge in [-0.2, -0.15) is 4.98 Å². The Morgan fingerprint density at radius 3 is 2.47 bits per heavy atom. The second-order valence-corrected chi connectivity index (χ2v) is 13.8. The Labute approximate surface area is 212 Å². The number of hydrogen-bond donors (Lipinski definition) is 2. The van der Waals surface area contributed by atoms with Gasteiger partial charge in [-0.15, -0.1) is 11.8 Å². The molecule has 2 aromatic rings. The zero-order valence-electron chi connectivity index (χ0n) is 20.2. The maximum absolute atomic E-state index is 12.5. The van der Waals surface area contributed by atoms with Crippen LogP contribution in [0.4, 0.5) is 11.8 Å². The number of rotatable bonds is 8. The number of sulfone groups is 1. The van der Waals surface area contributed by atoms with E-state index < -0.39 is 20.3 Å². The van der Waals surface area contributed by atoms with Crippen LogP contribution in [0.2, 0.25) is 0 Å². The molecule has 1 fully saturated rings. The molecule has 0 amide bonds. The van der Waals surface area contributed by atoms with E-state index in [2.05, 4.69) is 16.7 Å². The summed E-state index contributed by atoms with van der Waals surface area (Å²) in [7, 11) is 0.778. The highest BCUT2D eigenvalue weighted by Gasteiger charge is 2.37. The van der Waals surface area contributed by atoms with Gasteiger partial charge in [-0.05, 0) is 51.7 Å². The van der Waals surface area contributed by atoms with Gasteiger partial charge in [0.25, 0.3) is 0 Å². The van der Waals surface area contributed by atoms with E-state index in [4.69, 9.17) is 21.6 Å². The third-order valence-corrected chi connectivity index (χ3v) is 11.3. The summed E-state index contributed by atoms with van der Waals surface area (Å²) in [5, 5.41) is 7.73. The first-order chi connectivity index (χ1) is 16.2. The van der Waals surface area contributed by atoms with Crippen LogP contribution in [0, 0.1) is 0 Å². The second kappa shape index (κ2) is 10.6. The third kappa shape index (κ3) is 5.48. The van der Waals surface area contributed by atoms with Crippen LogP contribution in [0.1, 0.15) is 39.5 Å². The minimum atomic E-state index is -3.22. The van der Waals surface area contributed by atoms with Crippen LogP contribution in [0.3, 0.4) is 0 Å². The van der Waals surface area contributed by atoms with E-state index >= 15 is 0 Å². The Kier molecular flexibility index (Phi) is 7.96. The number of anilines is 2. The molecule has 1 unspecified atom stereocenters. The lowest BCUT2D eigenvalue weighted by molar-refractivity contribution is 0.362. The van der Waals surface area contributed by atoms with Crippen molar-refractivity contribution in [3.63, 3.8) is 0 Å². The lowest BCUT2D eigenvalue weighted by Gasteiger charge is -2.30. The maximum atomic E-state index is 12.5. The van der Waals surface area contributed by atoms with Crippen LogP contribution in [0.15, 0.2) is 34.2 Å². The molecule has 0 spiro atoms. The number of benzene rings is 1. The van der Waals surface area contributed by atoms with Crippen molar-refractivity contribution in [3.8, 4) is 0 Å². The molecule has 4 rings (SSSR count). The van der Waals surface area contributed by atoms with Gasteiger partial charge in [-0.1, -0.05) is 23.7 Å². The fourth-order valence-electron chi connectivity index (χ4n) is 4.53. The van der Waals surface area contributed by atoms with Gasteiger partial charge in [-0.3, -0.25) is 0 Å². The molecule has 1 aromatic heterocycles. The van der Waals surface area contributed by atoms with Crippen molar-refractivity contribution in [2.24, 2.45) is 0 Å². The van der Waals surface area contributed by atoms with Crippen molar-refractivity contribution in [2.45, 2.75) is 62.1 Å². The van der Waals surface area contributed by atoms with Crippen LogP contribution in [-0.2, 0) is 9.84 Å². The molecule has 0 bridgehead atoms. The third-order valence-electron chi connectivity index (χ3n) is 6.63. The highest BCUT2D eigenvalue weighted by Crippen LogP contribution is 2.39. The van der Waals surface area contributed by atoms with Crippen molar-refractivity contribution in [2.75, 3.05) is 36.6 Å². The van der Waals surface area contributed by atoms with Gasteiger partial charge < -0.3 is 15.5 Å². The molecule has 10 heteroatoms. The number of fused-ring (bicyclic) bond motifs is 1. The normalized spacial score (nSPS) is 23.6. The highest BCUT2D eigenvalue weighted by molar-refractivity contribution is 8.05. The topological polar surface area (TPSA) is 87.2 Å². The van der Waals surface area contributed by atoms with Crippen LogP contribution in [0.5, 0.6) is 0 Å². The first-order valence-electron chi connectivity index (χ1n) is 11.8. The first kappa shape index (κ1) is 25.5. The summed E-state index contributed by atoms with van der Waals surface area (Å²) in [5.74, 6) is 2.12. The lowest BCUT2D eigenvalue weighted by Crippen LogP contribution is -2.38. The summed E-state index contributed by atoms with van der Waals surface area (Å²) in [6.45, 7) is 4.07. The van der Waals surface area contributed by atoms with Gasteiger partial charge in [-0.25, -0.2) is 13.4 Å². The van der Waals surface area contributed by atoms with Crippen LogP contribution >= 0.6 is 23.4 Å². The zero-order valence-corrected chi connectivity index (χ0v) is 22.6. The molecule has 1 aromatic carbocycles. The maximum Gasteiger partial charge on any atom is 0.225 e. The molecule has 186 valence electrons. The second-order valence-electron chi connectivity index (χ2n) is 9.56. The largest absolute Gasteiger partial charge is 0.362 e. The summed E-state index contributed by atoms with van der Waals surface area (Å²) >= 11 is 8.06. The standard InChI is InChI=1S/C24H34ClN5O2S2/c1-15(2)34(31,32)21-14-33-20(22(21)25)13-26-16-9-11-17(12-10-16)27-24-28-19-8-6-5-7-18(19)23(29-24)30(3)4/h5-8,15-17,21,26H,9-14H2,1-4H3,(H,27,28,29). The summed E-state index contributed by atoms with van der Waals surface area (Å²) in [4.78, 5) is 12.5. The molecule has 1 aliphatic carbocycles. The molecule has 1 atom stereocenters. The van der Waals surface area contributed by atoms with Crippen LogP contribution in [0.25, 0.3) is 10.9 Å². The molecule has 1 aliphatic heterocycles. The summed E-state index contributed by atoms with van der Waals surface area (Å²) in [6, 6.07) is 8.81. The number of halogens is 1. The quantitative estimate of drug-likeness (QED) is 0.526. The minimum absolute atomic E-state index is 0.332. The fraction of sp³-hybridized carbons (Fsp3) is 0.583. The lowest BCUT2D eigenvalue weighted by atomic mass is 9.91. The molecule has 7 nitrogen and oxygen atoms in total. The van der Waals surface area contributed by atoms with Gasteiger partial charge >= 0.3 is 0 Å². The minimum Gasteiger partial charge on any atom is -0.362 e. The number of aromatic nitrogens is 2. The smallest absolute Gasteiger partial charge is 0.225 e. The van der Waals surface area contributed by atoms with Crippen molar-refractivity contribution in [1.29, 1.82) is 0 Å². The Morgan fingerprint density at radius 2 is 1.79 bits per heavy atom. The number of para-hydroxylation sites is 1. The van der Waals surface area contributed by atoms with Gasteiger partial charge in [0.2, 0.25) is 5.95 Å². The van der Waals surface area contributed by atoms with Crippen molar-refractivity contribution < 1.29 is 8.42 Å². The summed E-state index contributed by atoms with van der Waals surface area (Å²) in [5.41, 5.74) is 0.941. The van der Waals surface area contributed by atoms with Crippen molar-refractivity contribution >= 4 is 55.9 Å². The van der Waals surface area contributed by atoms with Crippen LogP contribution < -0.4 is 15.5 Å². The Hall–Kier alpha value is -1.55. The summed E-state index contributed by atoms with van der Waals surface area (Å²) < 4.78 is 25.1. The number of nitrogens with one attached hydrogen (secondary N) is 2. The van der Waals surface area contributed by atoms with Gasteiger partial charge in [0.05, 0.1) is 10.8 Å². The monoisotopic (exact) mass is 523 g/mol. The molecule has 1 saturated carbocycles. The Balaban J connectivity index is 1.32. The average Bonchev–Trinajstić information content (AvgIpc) is 3.18. The SMILES string of the molecule is CC(C)S(=O)(=O)C1CSC(CNC2CCC(Nc3nc(N(C)C)c4ccccc4n3)CC2)=C1Cl. The van der Waals surface area contributed by atoms with Gasteiger partial charge in [0.1, 0.15) is 11.1 Å².